The van der Waals surface area contributed by atoms with Crippen LogP contribution in [-0.4, -0.2) is 5.97 Å². The van der Waals surface area contributed by atoms with Crippen molar-refractivity contribution in [2.45, 2.75) is 6.92 Å². The molecule has 0 saturated heterocycles. The fraction of sp³-hybridized carbons (Fsp3) is 0.111. The lowest BCUT2D eigenvalue weighted by Gasteiger charge is -2.03. The Kier molecular flexibility index (Phi) is 3.48. The van der Waals surface area contributed by atoms with E-state index in [1.807, 2.05) is 6.07 Å². The molecule has 4 nitrogen and oxygen atoms in total. The number of nitriles is 1. The van der Waals surface area contributed by atoms with Gasteiger partial charge in [0.2, 0.25) is 0 Å². The Bertz CT molecular complexity index is 398. The van der Waals surface area contributed by atoms with Gasteiger partial charge >= 0.3 is 5.97 Å². The van der Waals surface area contributed by atoms with E-state index in [1.165, 1.54) is 13.0 Å². The molecule has 0 aromatic heterocycles. The van der Waals surface area contributed by atoms with Crippen LogP contribution in [0.2, 0.25) is 0 Å². The van der Waals surface area contributed by atoms with Crippen LogP contribution in [0.5, 0.6) is 5.75 Å². The van der Waals surface area contributed by atoms with Gasteiger partial charge in [0.25, 0.3) is 0 Å². The maximum absolute atomic E-state index is 10.4. The molecule has 0 atom stereocenters. The Morgan fingerprint density at radius 3 is 2.86 bits per heavy atom. The molecule has 0 aliphatic heterocycles. The fourth-order valence-corrected chi connectivity index (χ4v) is 1.13. The summed E-state index contributed by atoms with van der Waals surface area (Å²) in [6, 6.07) is 6.70. The minimum absolute atomic E-state index is 0.214. The summed E-state index contributed by atoms with van der Waals surface area (Å²) in [4.78, 5) is 19.4. The summed E-state index contributed by atoms with van der Waals surface area (Å²) in [5, 5.41) is 8.72. The van der Waals surface area contributed by atoms with Crippen LogP contribution in [0.25, 0.3) is 0 Å². The molecule has 0 radical (unpaired) electrons. The first kappa shape index (κ1) is 10.5. The monoisotopic (exact) mass is 255 g/mol. The van der Waals surface area contributed by atoms with Crippen LogP contribution in [-0.2, 0) is 9.68 Å². The van der Waals surface area contributed by atoms with E-state index in [4.69, 9.17) is 5.26 Å². The van der Waals surface area contributed by atoms with Crippen LogP contribution in [0.1, 0.15) is 12.5 Å². The molecule has 0 amide bonds. The van der Waals surface area contributed by atoms with Crippen LogP contribution < -0.4 is 4.89 Å². The van der Waals surface area contributed by atoms with Gasteiger partial charge < -0.3 is 0 Å². The SMILES string of the molecule is CC(=O)OOc1ccc(Br)cc1C#N. The van der Waals surface area contributed by atoms with Crippen LogP contribution >= 0.6 is 15.9 Å². The zero-order chi connectivity index (χ0) is 10.6. The van der Waals surface area contributed by atoms with E-state index in [1.54, 1.807) is 12.1 Å². The van der Waals surface area contributed by atoms with Crippen LogP contribution in [0.4, 0.5) is 0 Å². The van der Waals surface area contributed by atoms with Gasteiger partial charge in [0, 0.05) is 11.4 Å². The van der Waals surface area contributed by atoms with Gasteiger partial charge in [-0.2, -0.15) is 5.26 Å². The molecule has 1 aromatic rings. The number of benzene rings is 1. The summed E-state index contributed by atoms with van der Waals surface area (Å²) in [5.41, 5.74) is 0.292. The van der Waals surface area contributed by atoms with E-state index in [0.29, 0.717) is 5.56 Å². The van der Waals surface area contributed by atoms with Crippen molar-refractivity contribution >= 4 is 21.9 Å². The van der Waals surface area contributed by atoms with E-state index in [-0.39, 0.29) is 5.75 Å². The number of nitrogens with zero attached hydrogens (tertiary/aromatic N) is 1. The summed E-state index contributed by atoms with van der Waals surface area (Å²) in [5.74, 6) is -0.359. The maximum Gasteiger partial charge on any atom is 0.352 e. The van der Waals surface area contributed by atoms with E-state index >= 15 is 0 Å². The van der Waals surface area contributed by atoms with E-state index in [0.717, 1.165) is 4.47 Å². The smallest absolute Gasteiger partial charge is 0.286 e. The van der Waals surface area contributed by atoms with Crippen LogP contribution in [0, 0.1) is 11.3 Å². The topological polar surface area (TPSA) is 59.3 Å². The minimum Gasteiger partial charge on any atom is -0.286 e. The quantitative estimate of drug-likeness (QED) is 0.601. The molecule has 0 heterocycles. The predicted molar refractivity (Wildman–Crippen MR) is 51.3 cm³/mol. The Morgan fingerprint density at radius 2 is 2.29 bits per heavy atom. The highest BCUT2D eigenvalue weighted by Crippen LogP contribution is 2.22. The molecular weight excluding hydrogens is 250 g/mol. The molecule has 0 saturated carbocycles. The van der Waals surface area contributed by atoms with Gasteiger partial charge in [0.1, 0.15) is 11.6 Å². The summed E-state index contributed by atoms with van der Waals surface area (Å²) in [6.07, 6.45) is 0. The van der Waals surface area contributed by atoms with Gasteiger partial charge in [0.15, 0.2) is 5.75 Å². The van der Waals surface area contributed by atoms with E-state index < -0.39 is 5.97 Å². The van der Waals surface area contributed by atoms with Gasteiger partial charge in [-0.3, -0.25) is 9.78 Å². The Hall–Kier alpha value is -1.54. The molecule has 0 spiro atoms. The highest BCUT2D eigenvalue weighted by Gasteiger charge is 2.06. The number of carbonyl (C=O) groups excluding carboxylic acids is 1. The maximum atomic E-state index is 10.4. The molecule has 0 aliphatic rings. The van der Waals surface area contributed by atoms with Gasteiger partial charge in [-0.05, 0) is 18.2 Å². The van der Waals surface area contributed by atoms with Gasteiger partial charge in [-0.15, -0.1) is 0 Å². The first-order chi connectivity index (χ1) is 6.63. The highest BCUT2D eigenvalue weighted by molar-refractivity contribution is 9.10. The molecule has 0 bridgehead atoms. The predicted octanol–water partition coefficient (Wildman–Crippen LogP) is 2.18. The average molecular weight is 256 g/mol. The van der Waals surface area contributed by atoms with Gasteiger partial charge in [0.05, 0.1) is 0 Å². The number of halogens is 1. The lowest BCUT2D eigenvalue weighted by Crippen LogP contribution is -2.03. The lowest BCUT2D eigenvalue weighted by molar-refractivity contribution is -0.210. The van der Waals surface area contributed by atoms with Crippen molar-refractivity contribution in [1.29, 1.82) is 5.26 Å². The van der Waals surface area contributed by atoms with Gasteiger partial charge in [-0.1, -0.05) is 15.9 Å². The second-order valence-corrected chi connectivity index (χ2v) is 3.33. The summed E-state index contributed by atoms with van der Waals surface area (Å²) >= 11 is 3.20. The largest absolute Gasteiger partial charge is 0.352 e. The van der Waals surface area contributed by atoms with Gasteiger partial charge in [-0.25, -0.2) is 4.79 Å². The zero-order valence-electron chi connectivity index (χ0n) is 7.28. The van der Waals surface area contributed by atoms with Crippen molar-refractivity contribution in [2.75, 3.05) is 0 Å². The molecule has 5 heteroatoms. The number of hydrogen-bond acceptors (Lipinski definition) is 4. The minimum atomic E-state index is -0.572. The lowest BCUT2D eigenvalue weighted by atomic mass is 10.2. The Balaban J connectivity index is 2.87. The number of carbonyl (C=O) groups is 1. The van der Waals surface area contributed by atoms with Crippen LogP contribution in [0.3, 0.4) is 0 Å². The van der Waals surface area contributed by atoms with Crippen molar-refractivity contribution in [3.63, 3.8) is 0 Å². The van der Waals surface area contributed by atoms with Crippen molar-refractivity contribution < 1.29 is 14.6 Å². The summed E-state index contributed by atoms with van der Waals surface area (Å²) < 4.78 is 0.754. The molecule has 14 heavy (non-hydrogen) atoms. The Morgan fingerprint density at radius 1 is 1.57 bits per heavy atom. The summed E-state index contributed by atoms with van der Waals surface area (Å²) in [6.45, 7) is 1.21. The average Bonchev–Trinajstić information content (AvgIpc) is 2.15. The van der Waals surface area contributed by atoms with Crippen LogP contribution in [0.15, 0.2) is 22.7 Å². The molecule has 0 unspecified atom stereocenters. The van der Waals surface area contributed by atoms with Crippen molar-refractivity contribution in [3.05, 3.63) is 28.2 Å². The normalized spacial score (nSPS) is 8.93. The van der Waals surface area contributed by atoms with E-state index in [9.17, 15) is 4.79 Å². The second-order valence-electron chi connectivity index (χ2n) is 2.41. The van der Waals surface area contributed by atoms with Crippen molar-refractivity contribution in [3.8, 4) is 11.8 Å². The molecule has 1 aromatic carbocycles. The number of rotatable bonds is 2. The summed E-state index contributed by atoms with van der Waals surface area (Å²) in [7, 11) is 0. The Labute approximate surface area is 89.1 Å². The fourth-order valence-electron chi connectivity index (χ4n) is 0.766. The third-order valence-electron chi connectivity index (χ3n) is 1.31. The number of hydrogen-bond donors (Lipinski definition) is 0. The third-order valence-corrected chi connectivity index (χ3v) is 1.80. The van der Waals surface area contributed by atoms with E-state index in [2.05, 4.69) is 25.7 Å². The molecule has 1 rings (SSSR count). The molecule has 0 N–H and O–H groups in total. The first-order valence-corrected chi connectivity index (χ1v) is 4.47. The highest BCUT2D eigenvalue weighted by atomic mass is 79.9. The third kappa shape index (κ3) is 2.75. The zero-order valence-corrected chi connectivity index (χ0v) is 8.87. The first-order valence-electron chi connectivity index (χ1n) is 3.68. The molecular formula is C9H6BrNO3. The standard InChI is InChI=1S/C9H6BrNO3/c1-6(12)13-14-9-3-2-8(10)4-7(9)5-11/h2-4H,1H3. The second kappa shape index (κ2) is 4.63. The van der Waals surface area contributed by atoms with Crippen molar-refractivity contribution in [2.24, 2.45) is 0 Å². The molecule has 72 valence electrons. The molecule has 0 aliphatic carbocycles. The molecule has 0 fully saturated rings. The van der Waals surface area contributed by atoms with Crippen molar-refractivity contribution in [1.82, 2.24) is 0 Å².